The van der Waals surface area contributed by atoms with Crippen molar-refractivity contribution in [3.05, 3.63) is 79.9 Å². The van der Waals surface area contributed by atoms with E-state index in [0.29, 0.717) is 6.61 Å². The molecule has 0 aliphatic rings. The molecule has 11 heteroatoms. The predicted molar refractivity (Wildman–Crippen MR) is 167 cm³/mol. The molecule has 0 saturated heterocycles. The van der Waals surface area contributed by atoms with Crippen LogP contribution < -0.4 is 0 Å². The van der Waals surface area contributed by atoms with Crippen LogP contribution in [0, 0.1) is 20.2 Å². The maximum atomic E-state index is 12.7. The lowest BCUT2D eigenvalue weighted by molar-refractivity contribution is -0.385. The van der Waals surface area contributed by atoms with Crippen molar-refractivity contribution >= 4 is 23.3 Å². The molecule has 0 bridgehead atoms. The molecule has 0 amide bonds. The van der Waals surface area contributed by atoms with Crippen LogP contribution in [0.3, 0.4) is 0 Å². The molecule has 0 aliphatic carbocycles. The minimum absolute atomic E-state index is 0.00922. The van der Waals surface area contributed by atoms with Crippen molar-refractivity contribution in [2.75, 3.05) is 19.8 Å². The molecular formula is C33H46N2O9. The van der Waals surface area contributed by atoms with Crippen LogP contribution >= 0.6 is 0 Å². The molecule has 44 heavy (non-hydrogen) atoms. The van der Waals surface area contributed by atoms with E-state index in [2.05, 4.69) is 6.92 Å². The van der Waals surface area contributed by atoms with E-state index in [9.17, 15) is 29.8 Å². The number of nitro benzene ring substituents is 2. The zero-order valence-corrected chi connectivity index (χ0v) is 25.8. The average molecular weight is 615 g/mol. The molecule has 0 saturated carbocycles. The van der Waals surface area contributed by atoms with Crippen LogP contribution in [0.2, 0.25) is 0 Å². The van der Waals surface area contributed by atoms with E-state index in [1.165, 1.54) is 119 Å². The highest BCUT2D eigenvalue weighted by atomic mass is 16.6. The van der Waals surface area contributed by atoms with E-state index >= 15 is 0 Å². The zero-order valence-electron chi connectivity index (χ0n) is 25.8. The fourth-order valence-electron chi connectivity index (χ4n) is 4.64. The van der Waals surface area contributed by atoms with Gasteiger partial charge in [-0.05, 0) is 30.7 Å². The number of benzene rings is 2. The van der Waals surface area contributed by atoms with Crippen LogP contribution in [0.15, 0.2) is 48.5 Å². The van der Waals surface area contributed by atoms with E-state index in [4.69, 9.17) is 14.2 Å². The average Bonchev–Trinajstić information content (AvgIpc) is 3.03. The van der Waals surface area contributed by atoms with Crippen LogP contribution in [0.4, 0.5) is 11.4 Å². The Hall–Kier alpha value is -3.86. The molecule has 0 N–H and O–H groups in total. The third-order valence-corrected chi connectivity index (χ3v) is 7.25. The first-order valence-corrected chi connectivity index (χ1v) is 15.8. The van der Waals surface area contributed by atoms with Crippen molar-refractivity contribution in [1.29, 1.82) is 0 Å². The van der Waals surface area contributed by atoms with E-state index in [0.717, 1.165) is 19.3 Å². The van der Waals surface area contributed by atoms with Crippen molar-refractivity contribution in [3.8, 4) is 0 Å². The molecule has 0 heterocycles. The van der Waals surface area contributed by atoms with Gasteiger partial charge in [-0.25, -0.2) is 9.59 Å². The summed E-state index contributed by atoms with van der Waals surface area (Å²) in [7, 11) is 0. The summed E-state index contributed by atoms with van der Waals surface area (Å²) < 4.78 is 16.5. The van der Waals surface area contributed by atoms with Crippen LogP contribution in [0.1, 0.15) is 118 Å². The van der Waals surface area contributed by atoms with Crippen molar-refractivity contribution in [2.45, 2.75) is 103 Å². The van der Waals surface area contributed by atoms with Gasteiger partial charge >= 0.3 is 11.9 Å². The molecule has 0 fully saturated rings. The van der Waals surface area contributed by atoms with E-state index in [1.807, 2.05) is 0 Å². The van der Waals surface area contributed by atoms with Gasteiger partial charge < -0.3 is 14.2 Å². The van der Waals surface area contributed by atoms with Gasteiger partial charge in [-0.2, -0.15) is 0 Å². The Morgan fingerprint density at radius 3 is 1.45 bits per heavy atom. The summed E-state index contributed by atoms with van der Waals surface area (Å²) in [5.41, 5.74) is -0.103. The number of carbonyl (C=O) groups excluding carboxylic acids is 2. The summed E-state index contributed by atoms with van der Waals surface area (Å²) in [5.74, 6) is -1.47. The topological polar surface area (TPSA) is 148 Å². The van der Waals surface area contributed by atoms with Crippen LogP contribution in [-0.4, -0.2) is 47.7 Å². The van der Waals surface area contributed by atoms with Crippen LogP contribution in [-0.2, 0) is 14.2 Å². The predicted octanol–water partition coefficient (Wildman–Crippen LogP) is 8.38. The van der Waals surface area contributed by atoms with Crippen LogP contribution in [0.5, 0.6) is 0 Å². The molecule has 242 valence electrons. The summed E-state index contributed by atoms with van der Waals surface area (Å²) in [6.45, 7) is 2.39. The molecule has 1 atom stereocenters. The molecule has 0 spiro atoms. The first-order chi connectivity index (χ1) is 21.3. The lowest BCUT2D eigenvalue weighted by Crippen LogP contribution is -2.30. The second kappa shape index (κ2) is 21.8. The summed E-state index contributed by atoms with van der Waals surface area (Å²) in [5, 5.41) is 21.7. The van der Waals surface area contributed by atoms with E-state index in [-0.39, 0.29) is 35.7 Å². The second-order valence-corrected chi connectivity index (χ2v) is 10.9. The lowest BCUT2D eigenvalue weighted by Gasteiger charge is -2.18. The number of non-ortho nitro benzene ring substituents is 2. The maximum absolute atomic E-state index is 12.7. The molecule has 2 aromatic rings. The fraction of sp³-hybridized carbons (Fsp3) is 0.576. The number of rotatable bonds is 24. The standard InChI is InChI=1S/C33H46N2O9/c1-2-3-4-5-6-7-8-9-10-11-12-13-14-15-24-42-25-31(44-33(37)28-18-22-30(23-19-28)35(40)41)26-43-32(36)27-16-20-29(21-17-27)34(38)39/h16-23,31H,2-15,24-26H2,1H3/t31-/m1/s1. The second-order valence-electron chi connectivity index (χ2n) is 10.9. The Labute approximate surface area is 259 Å². The number of hydrogen-bond donors (Lipinski definition) is 0. The van der Waals surface area contributed by atoms with E-state index in [1.54, 1.807) is 0 Å². The largest absolute Gasteiger partial charge is 0.458 e. The van der Waals surface area contributed by atoms with Crippen molar-refractivity contribution < 1.29 is 33.6 Å². The van der Waals surface area contributed by atoms with Gasteiger partial charge in [0.1, 0.15) is 6.61 Å². The third kappa shape index (κ3) is 15.0. The number of nitro groups is 2. The molecule has 0 radical (unpaired) electrons. The number of ether oxygens (including phenoxy) is 3. The number of unbranched alkanes of at least 4 members (excludes halogenated alkanes) is 13. The molecular weight excluding hydrogens is 568 g/mol. The molecule has 0 aromatic heterocycles. The Morgan fingerprint density at radius 1 is 0.614 bits per heavy atom. The minimum atomic E-state index is -0.925. The molecule has 2 aromatic carbocycles. The summed E-state index contributed by atoms with van der Waals surface area (Å²) in [4.78, 5) is 45.8. The number of esters is 2. The van der Waals surface area contributed by atoms with Crippen molar-refractivity contribution in [2.24, 2.45) is 0 Å². The number of hydrogen-bond acceptors (Lipinski definition) is 9. The molecule has 0 unspecified atom stereocenters. The Kier molecular flexibility index (Phi) is 18.0. The lowest BCUT2D eigenvalue weighted by atomic mass is 10.0. The summed E-state index contributed by atoms with van der Waals surface area (Å²) in [6, 6.07) is 9.93. The van der Waals surface area contributed by atoms with Crippen LogP contribution in [0.25, 0.3) is 0 Å². The number of carbonyl (C=O) groups is 2. The van der Waals surface area contributed by atoms with Gasteiger partial charge in [0.15, 0.2) is 6.10 Å². The van der Waals surface area contributed by atoms with Gasteiger partial charge in [0.25, 0.3) is 11.4 Å². The first kappa shape index (κ1) is 36.3. The van der Waals surface area contributed by atoms with Gasteiger partial charge in [-0.15, -0.1) is 0 Å². The zero-order chi connectivity index (χ0) is 32.0. The summed E-state index contributed by atoms with van der Waals surface area (Å²) >= 11 is 0. The number of nitrogens with zero attached hydrogens (tertiary/aromatic N) is 2. The third-order valence-electron chi connectivity index (χ3n) is 7.25. The van der Waals surface area contributed by atoms with Crippen molar-refractivity contribution in [3.63, 3.8) is 0 Å². The van der Waals surface area contributed by atoms with Gasteiger partial charge in [0, 0.05) is 30.9 Å². The Bertz CT molecular complexity index is 1140. The molecule has 2 rings (SSSR count). The SMILES string of the molecule is CCCCCCCCCCCCCCCCOC[C@H](COC(=O)c1ccc([N+](=O)[O-])cc1)OC(=O)c1ccc([N+](=O)[O-])cc1. The normalized spacial score (nSPS) is 11.6. The van der Waals surface area contributed by atoms with Gasteiger partial charge in [0.05, 0.1) is 27.6 Å². The minimum Gasteiger partial charge on any atom is -0.458 e. The highest BCUT2D eigenvalue weighted by Crippen LogP contribution is 2.16. The Balaban J connectivity index is 1.72. The van der Waals surface area contributed by atoms with Gasteiger partial charge in [-0.3, -0.25) is 20.2 Å². The van der Waals surface area contributed by atoms with Crippen molar-refractivity contribution in [1.82, 2.24) is 0 Å². The van der Waals surface area contributed by atoms with Gasteiger partial charge in [-0.1, -0.05) is 90.4 Å². The van der Waals surface area contributed by atoms with Gasteiger partial charge in [0.2, 0.25) is 0 Å². The fourth-order valence-corrected chi connectivity index (χ4v) is 4.64. The maximum Gasteiger partial charge on any atom is 0.338 e. The first-order valence-electron chi connectivity index (χ1n) is 15.8. The highest BCUT2D eigenvalue weighted by Gasteiger charge is 2.20. The smallest absolute Gasteiger partial charge is 0.338 e. The summed E-state index contributed by atoms with van der Waals surface area (Å²) in [6.07, 6.45) is 16.5. The Morgan fingerprint density at radius 2 is 1.02 bits per heavy atom. The molecule has 11 nitrogen and oxygen atoms in total. The quantitative estimate of drug-likeness (QED) is 0.0492. The van der Waals surface area contributed by atoms with E-state index < -0.39 is 27.9 Å². The highest BCUT2D eigenvalue weighted by molar-refractivity contribution is 5.90. The monoisotopic (exact) mass is 614 g/mol. The molecule has 0 aliphatic heterocycles.